The summed E-state index contributed by atoms with van der Waals surface area (Å²) in [6.07, 6.45) is 1.82. The first kappa shape index (κ1) is 9.74. The molecular weight excluding hydrogens is 263 g/mol. The molecule has 0 aliphatic rings. The van der Waals surface area contributed by atoms with Crippen molar-refractivity contribution in [3.63, 3.8) is 0 Å². The Morgan fingerprint density at radius 1 is 1.43 bits per heavy atom. The molecule has 0 spiro atoms. The Balaban J connectivity index is 2.55. The number of aromatic nitrogens is 2. The van der Waals surface area contributed by atoms with Gasteiger partial charge in [-0.15, -0.1) is 0 Å². The first-order chi connectivity index (χ1) is 6.68. The lowest BCUT2D eigenvalue weighted by Gasteiger charge is -2.02. The zero-order valence-electron chi connectivity index (χ0n) is 7.54. The second kappa shape index (κ2) is 3.75. The van der Waals surface area contributed by atoms with Crippen molar-refractivity contribution in [2.45, 2.75) is 0 Å². The fourth-order valence-electron chi connectivity index (χ4n) is 1.30. The molecule has 1 heterocycles. The highest BCUT2D eigenvalue weighted by Crippen LogP contribution is 2.24. The van der Waals surface area contributed by atoms with Gasteiger partial charge in [-0.1, -0.05) is 23.7 Å². The average Bonchev–Trinajstić information content (AvgIpc) is 2.48. The minimum Gasteiger partial charge on any atom is -0.322 e. The third-order valence-corrected chi connectivity index (χ3v) is 3.02. The van der Waals surface area contributed by atoms with Crippen LogP contribution < -0.4 is 0 Å². The SMILES string of the molecule is Cn1c(-c2cccc(Cl)c2)cnc1Br. The van der Waals surface area contributed by atoms with E-state index in [0.29, 0.717) is 0 Å². The van der Waals surface area contributed by atoms with E-state index in [1.54, 1.807) is 0 Å². The highest BCUT2D eigenvalue weighted by molar-refractivity contribution is 9.10. The van der Waals surface area contributed by atoms with E-state index in [1.165, 1.54) is 0 Å². The minimum atomic E-state index is 0.736. The van der Waals surface area contributed by atoms with E-state index in [-0.39, 0.29) is 0 Å². The van der Waals surface area contributed by atoms with E-state index in [0.717, 1.165) is 21.0 Å². The van der Waals surface area contributed by atoms with Gasteiger partial charge in [0.15, 0.2) is 4.73 Å². The van der Waals surface area contributed by atoms with E-state index in [4.69, 9.17) is 11.6 Å². The largest absolute Gasteiger partial charge is 0.322 e. The average molecular weight is 272 g/mol. The predicted octanol–water partition coefficient (Wildman–Crippen LogP) is 3.50. The van der Waals surface area contributed by atoms with Crippen molar-refractivity contribution >= 4 is 27.5 Å². The van der Waals surface area contributed by atoms with Gasteiger partial charge in [0.2, 0.25) is 0 Å². The van der Waals surface area contributed by atoms with Crippen LogP contribution in [0, 0.1) is 0 Å². The lowest BCUT2D eigenvalue weighted by Crippen LogP contribution is -1.91. The number of halogens is 2. The van der Waals surface area contributed by atoms with Crippen LogP contribution in [0.15, 0.2) is 35.2 Å². The Bertz CT molecular complexity index is 465. The van der Waals surface area contributed by atoms with Gasteiger partial charge in [0, 0.05) is 17.6 Å². The summed E-state index contributed by atoms with van der Waals surface area (Å²) in [5.74, 6) is 0. The van der Waals surface area contributed by atoms with Crippen LogP contribution in [0.5, 0.6) is 0 Å². The van der Waals surface area contributed by atoms with E-state index in [1.807, 2.05) is 42.1 Å². The fraction of sp³-hybridized carbons (Fsp3) is 0.100. The van der Waals surface area contributed by atoms with Crippen LogP contribution in [0.1, 0.15) is 0 Å². The summed E-state index contributed by atoms with van der Waals surface area (Å²) < 4.78 is 2.78. The third kappa shape index (κ3) is 1.70. The topological polar surface area (TPSA) is 17.8 Å². The number of rotatable bonds is 1. The third-order valence-electron chi connectivity index (χ3n) is 2.05. The van der Waals surface area contributed by atoms with Crippen molar-refractivity contribution in [1.82, 2.24) is 9.55 Å². The Morgan fingerprint density at radius 2 is 2.21 bits per heavy atom. The zero-order valence-corrected chi connectivity index (χ0v) is 9.88. The van der Waals surface area contributed by atoms with Gasteiger partial charge in [-0.2, -0.15) is 0 Å². The van der Waals surface area contributed by atoms with Gasteiger partial charge in [0.1, 0.15) is 0 Å². The van der Waals surface area contributed by atoms with Crippen molar-refractivity contribution < 1.29 is 0 Å². The maximum Gasteiger partial charge on any atom is 0.177 e. The number of imidazole rings is 1. The molecule has 0 radical (unpaired) electrons. The maximum absolute atomic E-state index is 5.91. The van der Waals surface area contributed by atoms with Gasteiger partial charge in [-0.3, -0.25) is 0 Å². The van der Waals surface area contributed by atoms with Gasteiger partial charge in [0.05, 0.1) is 11.9 Å². The van der Waals surface area contributed by atoms with Gasteiger partial charge in [0.25, 0.3) is 0 Å². The second-order valence-electron chi connectivity index (χ2n) is 2.98. The molecule has 2 nitrogen and oxygen atoms in total. The van der Waals surface area contributed by atoms with Crippen LogP contribution in [-0.2, 0) is 7.05 Å². The van der Waals surface area contributed by atoms with Gasteiger partial charge < -0.3 is 4.57 Å². The summed E-state index contributed by atoms with van der Waals surface area (Å²) in [7, 11) is 1.95. The molecule has 0 N–H and O–H groups in total. The van der Waals surface area contributed by atoms with E-state index < -0.39 is 0 Å². The molecule has 14 heavy (non-hydrogen) atoms. The van der Waals surface area contributed by atoms with E-state index in [9.17, 15) is 0 Å². The molecule has 0 saturated carbocycles. The Hall–Kier alpha value is -0.800. The normalized spacial score (nSPS) is 10.5. The molecule has 0 fully saturated rings. The van der Waals surface area contributed by atoms with Crippen molar-refractivity contribution in [2.75, 3.05) is 0 Å². The molecular formula is C10H8BrClN2. The molecule has 1 aromatic heterocycles. The van der Waals surface area contributed by atoms with Crippen LogP contribution >= 0.6 is 27.5 Å². The van der Waals surface area contributed by atoms with Crippen LogP contribution in [0.2, 0.25) is 5.02 Å². The molecule has 2 aromatic rings. The highest BCUT2D eigenvalue weighted by atomic mass is 79.9. The van der Waals surface area contributed by atoms with Crippen molar-refractivity contribution in [3.8, 4) is 11.3 Å². The van der Waals surface area contributed by atoms with Crippen LogP contribution in [-0.4, -0.2) is 9.55 Å². The van der Waals surface area contributed by atoms with Crippen LogP contribution in [0.25, 0.3) is 11.3 Å². The van der Waals surface area contributed by atoms with Crippen molar-refractivity contribution in [3.05, 3.63) is 40.2 Å². The van der Waals surface area contributed by atoms with Gasteiger partial charge >= 0.3 is 0 Å². The van der Waals surface area contributed by atoms with Gasteiger partial charge in [-0.05, 0) is 28.1 Å². The van der Waals surface area contributed by atoms with Crippen LogP contribution in [0.3, 0.4) is 0 Å². The molecule has 4 heteroatoms. The number of hydrogen-bond acceptors (Lipinski definition) is 1. The summed E-state index contributed by atoms with van der Waals surface area (Å²) in [6.45, 7) is 0. The molecule has 0 aliphatic heterocycles. The maximum atomic E-state index is 5.91. The summed E-state index contributed by atoms with van der Waals surface area (Å²) in [5, 5.41) is 0.736. The molecule has 0 unspecified atom stereocenters. The zero-order chi connectivity index (χ0) is 10.1. The minimum absolute atomic E-state index is 0.736. The molecule has 72 valence electrons. The van der Waals surface area contributed by atoms with E-state index >= 15 is 0 Å². The fourth-order valence-corrected chi connectivity index (χ4v) is 1.79. The molecule has 0 bridgehead atoms. The second-order valence-corrected chi connectivity index (χ2v) is 4.13. The summed E-state index contributed by atoms with van der Waals surface area (Å²) >= 11 is 9.26. The standard InChI is InChI=1S/C10H8BrClN2/c1-14-9(6-13-10(14)11)7-3-2-4-8(12)5-7/h2-6H,1H3. The molecule has 0 atom stereocenters. The van der Waals surface area contributed by atoms with Crippen molar-refractivity contribution in [1.29, 1.82) is 0 Å². The molecule has 1 aromatic carbocycles. The molecule has 2 rings (SSSR count). The summed E-state index contributed by atoms with van der Waals surface area (Å²) in [4.78, 5) is 4.16. The number of benzene rings is 1. The van der Waals surface area contributed by atoms with Gasteiger partial charge in [-0.25, -0.2) is 4.98 Å². The van der Waals surface area contributed by atoms with Crippen LogP contribution in [0.4, 0.5) is 0 Å². The highest BCUT2D eigenvalue weighted by Gasteiger charge is 2.05. The summed E-state index contributed by atoms with van der Waals surface area (Å²) in [5.41, 5.74) is 2.11. The Labute approximate surface area is 95.7 Å². The molecule has 0 saturated heterocycles. The first-order valence-corrected chi connectivity index (χ1v) is 5.29. The lowest BCUT2D eigenvalue weighted by molar-refractivity contribution is 0.889. The van der Waals surface area contributed by atoms with Crippen molar-refractivity contribution in [2.24, 2.45) is 7.05 Å². The van der Waals surface area contributed by atoms with E-state index in [2.05, 4.69) is 20.9 Å². The Morgan fingerprint density at radius 3 is 2.79 bits per heavy atom. The molecule has 0 aliphatic carbocycles. The predicted molar refractivity (Wildman–Crippen MR) is 61.4 cm³/mol. The lowest BCUT2D eigenvalue weighted by atomic mass is 10.2. The smallest absolute Gasteiger partial charge is 0.177 e. The quantitative estimate of drug-likeness (QED) is 0.776. The first-order valence-electron chi connectivity index (χ1n) is 4.11. The summed E-state index contributed by atoms with van der Waals surface area (Å²) in [6, 6.07) is 7.72. The number of hydrogen-bond donors (Lipinski definition) is 0. The Kier molecular flexibility index (Phi) is 2.61. The molecule has 0 amide bonds. The number of nitrogens with zero attached hydrogens (tertiary/aromatic N) is 2. The monoisotopic (exact) mass is 270 g/mol.